The van der Waals surface area contributed by atoms with Gasteiger partial charge in [-0.25, -0.2) is 4.39 Å². The van der Waals surface area contributed by atoms with E-state index >= 15 is 0 Å². The lowest BCUT2D eigenvalue weighted by Gasteiger charge is -2.36. The molecule has 33 heavy (non-hydrogen) atoms. The van der Waals surface area contributed by atoms with E-state index in [4.69, 9.17) is 11.6 Å². The van der Waals surface area contributed by atoms with Crippen molar-refractivity contribution in [3.8, 4) is 0 Å². The Morgan fingerprint density at radius 1 is 1.24 bits per heavy atom. The summed E-state index contributed by atoms with van der Waals surface area (Å²) in [4.78, 5) is 28.9. The van der Waals surface area contributed by atoms with Crippen molar-refractivity contribution in [3.63, 3.8) is 0 Å². The number of para-hydroxylation sites is 1. The summed E-state index contributed by atoms with van der Waals surface area (Å²) in [5.74, 6) is 1.01. The van der Waals surface area contributed by atoms with Gasteiger partial charge in [0.25, 0.3) is 0 Å². The van der Waals surface area contributed by atoms with E-state index in [-0.39, 0.29) is 23.4 Å². The Kier molecular flexibility index (Phi) is 9.95. The van der Waals surface area contributed by atoms with E-state index in [1.807, 2.05) is 36.0 Å². The summed E-state index contributed by atoms with van der Waals surface area (Å²) >= 11 is 9.57. The van der Waals surface area contributed by atoms with Crippen molar-refractivity contribution in [2.75, 3.05) is 23.0 Å². The van der Waals surface area contributed by atoms with E-state index in [9.17, 15) is 14.0 Å². The zero-order valence-corrected chi connectivity index (χ0v) is 21.4. The number of carbonyl (C=O) groups is 2. The van der Waals surface area contributed by atoms with Crippen LogP contribution < -0.4 is 10.2 Å². The van der Waals surface area contributed by atoms with Crippen LogP contribution in [0.1, 0.15) is 38.7 Å². The van der Waals surface area contributed by atoms with Gasteiger partial charge < -0.3 is 10.2 Å². The highest BCUT2D eigenvalue weighted by Gasteiger charge is 2.39. The van der Waals surface area contributed by atoms with Gasteiger partial charge in [-0.2, -0.15) is 11.8 Å². The van der Waals surface area contributed by atoms with Gasteiger partial charge in [-0.15, -0.1) is 11.8 Å². The van der Waals surface area contributed by atoms with E-state index in [2.05, 4.69) is 12.2 Å². The molecule has 1 heterocycles. The highest BCUT2D eigenvalue weighted by molar-refractivity contribution is 8.01. The first-order valence-electron chi connectivity index (χ1n) is 11.3. The molecule has 2 atom stereocenters. The van der Waals surface area contributed by atoms with E-state index in [1.54, 1.807) is 17.9 Å². The van der Waals surface area contributed by atoms with Gasteiger partial charge in [-0.1, -0.05) is 50.1 Å². The number of amides is 2. The molecule has 1 aliphatic heterocycles. The van der Waals surface area contributed by atoms with Crippen LogP contribution in [-0.4, -0.2) is 35.1 Å². The lowest BCUT2D eigenvalue weighted by Crippen LogP contribution is -2.47. The number of hydrogen-bond donors (Lipinski definition) is 1. The summed E-state index contributed by atoms with van der Waals surface area (Å²) in [5, 5.41) is 2.73. The van der Waals surface area contributed by atoms with Crippen molar-refractivity contribution in [2.45, 2.75) is 49.8 Å². The fraction of sp³-hybridized carbons (Fsp3) is 0.440. The highest BCUT2D eigenvalue weighted by Crippen LogP contribution is 2.42. The van der Waals surface area contributed by atoms with Crippen molar-refractivity contribution in [3.05, 3.63) is 58.9 Å². The maximum absolute atomic E-state index is 13.5. The molecule has 0 unspecified atom stereocenters. The zero-order chi connectivity index (χ0) is 23.8. The topological polar surface area (TPSA) is 49.4 Å². The number of rotatable bonds is 11. The smallest absolute Gasteiger partial charge is 0.241 e. The summed E-state index contributed by atoms with van der Waals surface area (Å²) in [7, 11) is 0. The molecule has 1 aliphatic rings. The summed E-state index contributed by atoms with van der Waals surface area (Å²) in [6, 6.07) is 11.8. The normalized spacial score (nSPS) is 16.4. The fourth-order valence-corrected chi connectivity index (χ4v) is 6.13. The second kappa shape index (κ2) is 12.7. The third-order valence-electron chi connectivity index (χ3n) is 5.54. The molecule has 178 valence electrons. The van der Waals surface area contributed by atoms with Gasteiger partial charge in [0.2, 0.25) is 11.8 Å². The SMILES string of the molecule is CCCCSCCCNC(=O)[C@@H](C)[C@H]1Sc2ccccc2N(Cc2ccc(F)cc2Cl)C1=O. The van der Waals surface area contributed by atoms with Crippen LogP contribution in [0.15, 0.2) is 47.4 Å². The first-order valence-corrected chi connectivity index (χ1v) is 13.7. The lowest BCUT2D eigenvalue weighted by atomic mass is 10.0. The van der Waals surface area contributed by atoms with E-state index in [0.29, 0.717) is 12.1 Å². The van der Waals surface area contributed by atoms with Crippen molar-refractivity contribution in [2.24, 2.45) is 5.92 Å². The summed E-state index contributed by atoms with van der Waals surface area (Å²) in [6.45, 7) is 4.81. The monoisotopic (exact) mass is 508 g/mol. The van der Waals surface area contributed by atoms with E-state index < -0.39 is 17.0 Å². The Labute approximate surface area is 209 Å². The minimum atomic E-state index is -0.543. The molecular weight excluding hydrogens is 479 g/mol. The molecule has 1 N–H and O–H groups in total. The number of nitrogens with one attached hydrogen (secondary N) is 1. The molecule has 0 bridgehead atoms. The average molecular weight is 509 g/mol. The first kappa shape index (κ1) is 25.9. The van der Waals surface area contributed by atoms with Crippen molar-refractivity contribution in [1.82, 2.24) is 5.32 Å². The molecule has 3 rings (SSSR count). The molecule has 2 aromatic carbocycles. The molecule has 8 heteroatoms. The number of anilines is 1. The number of hydrogen-bond acceptors (Lipinski definition) is 4. The van der Waals surface area contributed by atoms with Crippen LogP contribution in [0.5, 0.6) is 0 Å². The molecule has 0 aromatic heterocycles. The number of nitrogens with zero attached hydrogens (tertiary/aromatic N) is 1. The molecule has 0 saturated heterocycles. The lowest BCUT2D eigenvalue weighted by molar-refractivity contribution is -0.128. The molecular formula is C25H30ClFN2O2S2. The Hall–Kier alpha value is -1.70. The minimum absolute atomic E-state index is 0.112. The van der Waals surface area contributed by atoms with Gasteiger partial charge >= 0.3 is 0 Å². The number of fused-ring (bicyclic) bond motifs is 1. The fourth-order valence-electron chi connectivity index (χ4n) is 3.57. The van der Waals surface area contributed by atoms with Gasteiger partial charge in [0, 0.05) is 16.5 Å². The second-order valence-electron chi connectivity index (χ2n) is 8.07. The molecule has 0 spiro atoms. The third-order valence-corrected chi connectivity index (χ3v) is 8.51. The van der Waals surface area contributed by atoms with Crippen LogP contribution in [0.2, 0.25) is 5.02 Å². The quantitative estimate of drug-likeness (QED) is 0.369. The van der Waals surface area contributed by atoms with Crippen LogP contribution in [0, 0.1) is 11.7 Å². The Balaban J connectivity index is 1.68. The highest BCUT2D eigenvalue weighted by atomic mass is 35.5. The first-order chi connectivity index (χ1) is 15.9. The van der Waals surface area contributed by atoms with E-state index in [1.165, 1.54) is 36.7 Å². The number of thioether (sulfide) groups is 2. The molecule has 0 radical (unpaired) electrons. The molecule has 2 aromatic rings. The van der Waals surface area contributed by atoms with Gasteiger partial charge in [-0.05, 0) is 54.2 Å². The summed E-state index contributed by atoms with van der Waals surface area (Å²) in [5.41, 5.74) is 1.44. The third kappa shape index (κ3) is 6.90. The molecule has 0 aliphatic carbocycles. The molecule has 2 amide bonds. The minimum Gasteiger partial charge on any atom is -0.356 e. The van der Waals surface area contributed by atoms with Gasteiger partial charge in [-0.3, -0.25) is 9.59 Å². The van der Waals surface area contributed by atoms with Crippen molar-refractivity contribution < 1.29 is 14.0 Å². The van der Waals surface area contributed by atoms with Gasteiger partial charge in [0.1, 0.15) is 11.1 Å². The Bertz CT molecular complexity index is 975. The van der Waals surface area contributed by atoms with Crippen LogP contribution in [-0.2, 0) is 16.1 Å². The standard InChI is InChI=1S/C25H30ClFN2O2S2/c1-3-4-13-32-14-7-12-28-24(30)17(2)23-25(31)29(21-8-5-6-9-22(21)33-23)16-18-10-11-19(27)15-20(18)26/h5-6,8-11,15,17,23H,3-4,7,12-14,16H2,1-2H3,(H,28,30)/t17-,23+/m0/s1. The predicted octanol–water partition coefficient (Wildman–Crippen LogP) is 6.16. The maximum Gasteiger partial charge on any atom is 0.241 e. The van der Waals surface area contributed by atoms with Crippen LogP contribution in [0.3, 0.4) is 0 Å². The van der Waals surface area contributed by atoms with Crippen molar-refractivity contribution in [1.29, 1.82) is 0 Å². The largest absolute Gasteiger partial charge is 0.356 e. The van der Waals surface area contributed by atoms with Crippen LogP contribution in [0.25, 0.3) is 0 Å². The molecule has 4 nitrogen and oxygen atoms in total. The molecule has 0 fully saturated rings. The number of carbonyl (C=O) groups excluding carboxylic acids is 2. The van der Waals surface area contributed by atoms with Crippen molar-refractivity contribution >= 4 is 52.6 Å². The number of benzene rings is 2. The Morgan fingerprint density at radius 3 is 2.76 bits per heavy atom. The van der Waals surface area contributed by atoms with Gasteiger partial charge in [0.15, 0.2) is 0 Å². The summed E-state index contributed by atoms with van der Waals surface area (Å²) < 4.78 is 13.5. The predicted molar refractivity (Wildman–Crippen MR) is 138 cm³/mol. The number of halogens is 2. The van der Waals surface area contributed by atoms with Crippen LogP contribution >= 0.6 is 35.1 Å². The molecule has 0 saturated carbocycles. The van der Waals surface area contributed by atoms with Gasteiger partial charge in [0.05, 0.1) is 18.2 Å². The Morgan fingerprint density at radius 2 is 2.00 bits per heavy atom. The number of unbranched alkanes of at least 4 members (excludes halogenated alkanes) is 1. The average Bonchev–Trinajstić information content (AvgIpc) is 2.81. The zero-order valence-electron chi connectivity index (χ0n) is 19.0. The van der Waals surface area contributed by atoms with Crippen LogP contribution in [0.4, 0.5) is 10.1 Å². The second-order valence-corrected chi connectivity index (χ2v) is 10.9. The maximum atomic E-state index is 13.5. The summed E-state index contributed by atoms with van der Waals surface area (Å²) in [6.07, 6.45) is 3.33. The van der Waals surface area contributed by atoms with E-state index in [0.717, 1.165) is 28.5 Å².